The molecule has 0 amide bonds. The van der Waals surface area contributed by atoms with Crippen molar-refractivity contribution in [1.82, 2.24) is 14.6 Å². The predicted octanol–water partition coefficient (Wildman–Crippen LogP) is 1.73. The Morgan fingerprint density at radius 1 is 1.50 bits per heavy atom. The van der Waals surface area contributed by atoms with Crippen molar-refractivity contribution in [3.05, 3.63) is 24.4 Å². The number of fused-ring (bicyclic) bond motifs is 1. The Bertz CT molecular complexity index is 485. The fraction of sp³-hybridized carbons (Fsp3) is 0.222. The van der Waals surface area contributed by atoms with Gasteiger partial charge in [0.1, 0.15) is 0 Å². The van der Waals surface area contributed by atoms with Crippen molar-refractivity contribution >= 4 is 17.4 Å². The molecule has 0 radical (unpaired) electrons. The maximum Gasteiger partial charge on any atom is 0.196 e. The molecule has 2 rings (SSSR count). The quantitative estimate of drug-likeness (QED) is 0.699. The molecule has 5 heteroatoms. The smallest absolute Gasteiger partial charge is 0.196 e. The summed E-state index contributed by atoms with van der Waals surface area (Å²) in [6, 6.07) is 7.86. The van der Waals surface area contributed by atoms with Crippen molar-refractivity contribution in [1.29, 1.82) is 5.26 Å². The first-order valence-corrected chi connectivity index (χ1v) is 5.05. The summed E-state index contributed by atoms with van der Waals surface area (Å²) in [4.78, 5) is 0. The van der Waals surface area contributed by atoms with E-state index in [2.05, 4.69) is 16.3 Å². The number of pyridine rings is 1. The highest BCUT2D eigenvalue weighted by Crippen LogP contribution is 2.20. The van der Waals surface area contributed by atoms with Crippen LogP contribution in [0.15, 0.2) is 29.6 Å². The van der Waals surface area contributed by atoms with Gasteiger partial charge in [-0.15, -0.1) is 10.2 Å². The Morgan fingerprint density at radius 3 is 3.14 bits per heavy atom. The fourth-order valence-corrected chi connectivity index (χ4v) is 1.81. The maximum atomic E-state index is 8.68. The maximum absolute atomic E-state index is 8.68. The second-order valence-electron chi connectivity index (χ2n) is 2.80. The van der Waals surface area contributed by atoms with E-state index in [0.717, 1.165) is 10.8 Å². The van der Waals surface area contributed by atoms with Gasteiger partial charge in [-0.2, -0.15) is 5.26 Å². The van der Waals surface area contributed by atoms with Crippen LogP contribution in [0.4, 0.5) is 0 Å². The predicted molar refractivity (Wildman–Crippen MR) is 53.9 cm³/mol. The summed E-state index contributed by atoms with van der Waals surface area (Å²) in [5, 5.41) is 17.3. The molecule has 1 atom stereocenters. The zero-order valence-electron chi connectivity index (χ0n) is 7.58. The summed E-state index contributed by atoms with van der Waals surface area (Å²) in [5.41, 5.74) is 0.806. The van der Waals surface area contributed by atoms with Gasteiger partial charge in [0.05, 0.1) is 11.3 Å². The van der Waals surface area contributed by atoms with Crippen LogP contribution < -0.4 is 0 Å². The van der Waals surface area contributed by atoms with Gasteiger partial charge in [-0.1, -0.05) is 17.8 Å². The molecule has 0 saturated heterocycles. The van der Waals surface area contributed by atoms with E-state index in [9.17, 15) is 0 Å². The fourth-order valence-electron chi connectivity index (χ4n) is 1.08. The van der Waals surface area contributed by atoms with Crippen LogP contribution in [0, 0.1) is 11.3 Å². The summed E-state index contributed by atoms with van der Waals surface area (Å²) < 4.78 is 1.87. The average molecular weight is 204 g/mol. The highest BCUT2D eigenvalue weighted by Gasteiger charge is 2.08. The molecule has 14 heavy (non-hydrogen) atoms. The van der Waals surface area contributed by atoms with Crippen LogP contribution in [-0.4, -0.2) is 19.8 Å². The SMILES string of the molecule is CC(C#N)Sc1nnc2ccccn12. The molecule has 0 aromatic carbocycles. The number of hydrogen-bond acceptors (Lipinski definition) is 4. The van der Waals surface area contributed by atoms with Crippen molar-refractivity contribution < 1.29 is 0 Å². The van der Waals surface area contributed by atoms with Crippen molar-refractivity contribution in [2.45, 2.75) is 17.3 Å². The van der Waals surface area contributed by atoms with Crippen LogP contribution in [0.2, 0.25) is 0 Å². The topological polar surface area (TPSA) is 54.0 Å². The molecule has 0 N–H and O–H groups in total. The van der Waals surface area contributed by atoms with Gasteiger partial charge in [-0.05, 0) is 19.1 Å². The van der Waals surface area contributed by atoms with E-state index in [0.29, 0.717) is 0 Å². The third-order valence-electron chi connectivity index (χ3n) is 1.75. The molecule has 0 aliphatic heterocycles. The molecule has 0 bridgehead atoms. The van der Waals surface area contributed by atoms with E-state index in [4.69, 9.17) is 5.26 Å². The van der Waals surface area contributed by atoms with Gasteiger partial charge in [0.25, 0.3) is 0 Å². The first kappa shape index (κ1) is 9.03. The third-order valence-corrected chi connectivity index (χ3v) is 2.69. The lowest BCUT2D eigenvalue weighted by Gasteiger charge is -1.99. The molecule has 70 valence electrons. The minimum absolute atomic E-state index is 0.109. The molecule has 2 aromatic heterocycles. The number of hydrogen-bond donors (Lipinski definition) is 0. The van der Waals surface area contributed by atoms with Crippen LogP contribution in [0.3, 0.4) is 0 Å². The molecule has 4 nitrogen and oxygen atoms in total. The van der Waals surface area contributed by atoms with Gasteiger partial charge in [-0.25, -0.2) is 0 Å². The first-order chi connectivity index (χ1) is 6.81. The second kappa shape index (κ2) is 3.68. The zero-order chi connectivity index (χ0) is 9.97. The van der Waals surface area contributed by atoms with Gasteiger partial charge in [-0.3, -0.25) is 4.40 Å². The highest BCUT2D eigenvalue weighted by molar-refractivity contribution is 8.00. The lowest BCUT2D eigenvalue weighted by molar-refractivity contribution is 0.918. The highest BCUT2D eigenvalue weighted by atomic mass is 32.2. The zero-order valence-corrected chi connectivity index (χ0v) is 8.40. The summed E-state index contributed by atoms with van der Waals surface area (Å²) in [5.74, 6) is 0. The van der Waals surface area contributed by atoms with Crippen LogP contribution in [0.25, 0.3) is 5.65 Å². The van der Waals surface area contributed by atoms with Gasteiger partial charge < -0.3 is 0 Å². The van der Waals surface area contributed by atoms with Crippen LogP contribution >= 0.6 is 11.8 Å². The van der Waals surface area contributed by atoms with Crippen LogP contribution in [0.1, 0.15) is 6.92 Å². The van der Waals surface area contributed by atoms with E-state index in [-0.39, 0.29) is 5.25 Å². The number of nitrogens with zero attached hydrogens (tertiary/aromatic N) is 4. The Hall–Kier alpha value is -1.54. The Morgan fingerprint density at radius 2 is 2.36 bits per heavy atom. The van der Waals surface area contributed by atoms with E-state index >= 15 is 0 Å². The van der Waals surface area contributed by atoms with Gasteiger partial charge in [0.15, 0.2) is 10.8 Å². The summed E-state index contributed by atoms with van der Waals surface area (Å²) >= 11 is 1.41. The molecular weight excluding hydrogens is 196 g/mol. The van der Waals surface area contributed by atoms with Crippen molar-refractivity contribution in [3.8, 4) is 6.07 Å². The first-order valence-electron chi connectivity index (χ1n) is 4.17. The molecule has 2 aromatic rings. The Labute approximate surface area is 85.6 Å². The molecule has 1 unspecified atom stereocenters. The van der Waals surface area contributed by atoms with E-state index in [1.807, 2.05) is 35.7 Å². The lowest BCUT2D eigenvalue weighted by Crippen LogP contribution is -1.93. The van der Waals surface area contributed by atoms with Gasteiger partial charge in [0.2, 0.25) is 0 Å². The largest absolute Gasteiger partial charge is 0.277 e. The normalized spacial score (nSPS) is 12.6. The van der Waals surface area contributed by atoms with Gasteiger partial charge in [0, 0.05) is 6.20 Å². The number of rotatable bonds is 2. The van der Waals surface area contributed by atoms with E-state index < -0.39 is 0 Å². The minimum Gasteiger partial charge on any atom is -0.277 e. The monoisotopic (exact) mass is 204 g/mol. The molecular formula is C9H8N4S. The molecule has 2 heterocycles. The summed E-state index contributed by atoms with van der Waals surface area (Å²) in [6.45, 7) is 1.84. The van der Waals surface area contributed by atoms with Crippen molar-refractivity contribution in [2.75, 3.05) is 0 Å². The van der Waals surface area contributed by atoms with Crippen molar-refractivity contribution in [2.24, 2.45) is 0 Å². The molecule has 0 fully saturated rings. The van der Waals surface area contributed by atoms with E-state index in [1.165, 1.54) is 11.8 Å². The number of thioether (sulfide) groups is 1. The molecule has 0 aliphatic rings. The average Bonchev–Trinajstić information content (AvgIpc) is 2.62. The summed E-state index contributed by atoms with van der Waals surface area (Å²) in [6.07, 6.45) is 1.89. The molecule has 0 aliphatic carbocycles. The van der Waals surface area contributed by atoms with Crippen LogP contribution in [-0.2, 0) is 0 Å². The van der Waals surface area contributed by atoms with E-state index in [1.54, 1.807) is 0 Å². The Kier molecular flexibility index (Phi) is 2.37. The lowest BCUT2D eigenvalue weighted by atomic mass is 10.5. The van der Waals surface area contributed by atoms with Crippen molar-refractivity contribution in [3.63, 3.8) is 0 Å². The van der Waals surface area contributed by atoms with Crippen LogP contribution in [0.5, 0.6) is 0 Å². The minimum atomic E-state index is -0.109. The number of aromatic nitrogens is 3. The number of nitriles is 1. The molecule has 0 spiro atoms. The molecule has 0 saturated carbocycles. The second-order valence-corrected chi connectivity index (χ2v) is 4.11. The third kappa shape index (κ3) is 1.56. The Balaban J connectivity index is 2.39. The standard InChI is InChI=1S/C9H8N4S/c1-7(6-10)14-9-12-11-8-4-2-3-5-13(8)9/h2-5,7H,1H3. The summed E-state index contributed by atoms with van der Waals surface area (Å²) in [7, 11) is 0. The van der Waals surface area contributed by atoms with Gasteiger partial charge >= 0.3 is 0 Å².